The number of phenolic OH excluding ortho intramolecular Hbond substituents is 1. The molecule has 3 rings (SSSR count). The Morgan fingerprint density at radius 2 is 2.14 bits per heavy atom. The number of phenols is 1. The first-order valence-corrected chi connectivity index (χ1v) is 4.95. The van der Waals surface area contributed by atoms with Crippen LogP contribution in [0.3, 0.4) is 0 Å². The monoisotopic (exact) mass is 185 g/mol. The highest BCUT2D eigenvalue weighted by atomic mass is 16.3. The minimum Gasteiger partial charge on any atom is -0.506 e. The van der Waals surface area contributed by atoms with Crippen molar-refractivity contribution in [3.05, 3.63) is 35.5 Å². The highest BCUT2D eigenvalue weighted by Crippen LogP contribution is 2.28. The number of hydrogen-bond donors (Lipinski definition) is 1. The van der Waals surface area contributed by atoms with E-state index in [0.717, 1.165) is 23.7 Å². The minimum atomic E-state index is 0.289. The van der Waals surface area contributed by atoms with Gasteiger partial charge in [-0.1, -0.05) is 12.1 Å². The van der Waals surface area contributed by atoms with Crippen LogP contribution in [0.5, 0.6) is 5.75 Å². The van der Waals surface area contributed by atoms with E-state index in [1.54, 1.807) is 6.07 Å². The predicted octanol–water partition coefficient (Wildman–Crippen LogP) is 2.43. The van der Waals surface area contributed by atoms with E-state index >= 15 is 0 Å². The Hall–Kier alpha value is -1.57. The third-order valence-corrected chi connectivity index (χ3v) is 2.85. The van der Waals surface area contributed by atoms with Crippen LogP contribution in [0.4, 0.5) is 0 Å². The molecule has 0 unspecified atom stereocenters. The van der Waals surface area contributed by atoms with Crippen molar-refractivity contribution in [3.8, 4) is 5.75 Å². The summed E-state index contributed by atoms with van der Waals surface area (Å²) in [4.78, 5) is 4.51. The number of pyridine rings is 1. The summed E-state index contributed by atoms with van der Waals surface area (Å²) in [6.07, 6.45) is 3.38. The summed E-state index contributed by atoms with van der Waals surface area (Å²) in [5, 5.41) is 10.7. The van der Waals surface area contributed by atoms with Gasteiger partial charge in [-0.05, 0) is 37.0 Å². The fourth-order valence-corrected chi connectivity index (χ4v) is 2.14. The molecule has 0 atom stereocenters. The van der Waals surface area contributed by atoms with Gasteiger partial charge >= 0.3 is 0 Å². The lowest BCUT2D eigenvalue weighted by Crippen LogP contribution is -1.89. The van der Waals surface area contributed by atoms with E-state index in [1.807, 2.05) is 12.1 Å². The summed E-state index contributed by atoms with van der Waals surface area (Å²) in [5.41, 5.74) is 3.26. The molecule has 1 aliphatic rings. The topological polar surface area (TPSA) is 33.1 Å². The maximum Gasteiger partial charge on any atom is 0.141 e. The molecule has 0 saturated carbocycles. The van der Waals surface area contributed by atoms with Gasteiger partial charge in [0.15, 0.2) is 0 Å². The first kappa shape index (κ1) is 7.80. The van der Waals surface area contributed by atoms with Gasteiger partial charge in [-0.25, -0.2) is 4.98 Å². The molecule has 1 N–H and O–H groups in total. The molecule has 0 saturated heterocycles. The number of aromatic nitrogens is 1. The lowest BCUT2D eigenvalue weighted by Gasteiger charge is -2.03. The third-order valence-electron chi connectivity index (χ3n) is 2.85. The van der Waals surface area contributed by atoms with Crippen LogP contribution in [-0.4, -0.2) is 10.1 Å². The smallest absolute Gasteiger partial charge is 0.141 e. The van der Waals surface area contributed by atoms with Gasteiger partial charge in [0.05, 0.1) is 0 Å². The Morgan fingerprint density at radius 1 is 1.21 bits per heavy atom. The summed E-state index contributed by atoms with van der Waals surface area (Å²) in [6, 6.07) is 7.71. The lowest BCUT2D eigenvalue weighted by atomic mass is 10.1. The number of rotatable bonds is 0. The highest BCUT2D eigenvalue weighted by Gasteiger charge is 2.13. The summed E-state index contributed by atoms with van der Waals surface area (Å²) >= 11 is 0. The highest BCUT2D eigenvalue weighted by molar-refractivity contribution is 5.85. The van der Waals surface area contributed by atoms with Crippen LogP contribution in [0.2, 0.25) is 0 Å². The van der Waals surface area contributed by atoms with Gasteiger partial charge in [0.1, 0.15) is 11.3 Å². The fraction of sp³-hybridized carbons (Fsp3) is 0.250. The molecule has 1 aromatic heterocycles. The van der Waals surface area contributed by atoms with Gasteiger partial charge in [0.2, 0.25) is 0 Å². The number of fused-ring (bicyclic) bond motifs is 2. The Balaban J connectivity index is 2.39. The molecule has 1 heterocycles. The van der Waals surface area contributed by atoms with E-state index in [1.165, 1.54) is 17.7 Å². The molecule has 70 valence electrons. The van der Waals surface area contributed by atoms with Gasteiger partial charge in [0.25, 0.3) is 0 Å². The van der Waals surface area contributed by atoms with Crippen LogP contribution in [-0.2, 0) is 12.8 Å². The van der Waals surface area contributed by atoms with Crippen molar-refractivity contribution >= 4 is 10.9 Å². The average molecular weight is 185 g/mol. The van der Waals surface area contributed by atoms with E-state index in [4.69, 9.17) is 0 Å². The quantitative estimate of drug-likeness (QED) is 0.683. The maximum absolute atomic E-state index is 9.64. The number of aromatic hydroxyl groups is 1. The summed E-state index contributed by atoms with van der Waals surface area (Å²) in [6.45, 7) is 0. The number of nitrogens with zero attached hydrogens (tertiary/aromatic N) is 1. The van der Waals surface area contributed by atoms with Gasteiger partial charge < -0.3 is 5.11 Å². The van der Waals surface area contributed by atoms with E-state index in [9.17, 15) is 5.11 Å². The molecule has 0 spiro atoms. The fourth-order valence-electron chi connectivity index (χ4n) is 2.14. The first-order valence-electron chi connectivity index (χ1n) is 4.95. The van der Waals surface area contributed by atoms with Crippen molar-refractivity contribution in [1.29, 1.82) is 0 Å². The van der Waals surface area contributed by atoms with Crippen LogP contribution < -0.4 is 0 Å². The minimum absolute atomic E-state index is 0.289. The molecule has 0 radical (unpaired) electrons. The molecular formula is C12H11NO. The number of para-hydroxylation sites is 1. The molecule has 14 heavy (non-hydrogen) atoms. The van der Waals surface area contributed by atoms with E-state index < -0.39 is 0 Å². The van der Waals surface area contributed by atoms with E-state index in [-0.39, 0.29) is 5.75 Å². The second-order valence-corrected chi connectivity index (χ2v) is 3.80. The number of hydrogen-bond acceptors (Lipinski definition) is 2. The zero-order chi connectivity index (χ0) is 9.54. The lowest BCUT2D eigenvalue weighted by molar-refractivity contribution is 0.480. The molecule has 2 nitrogen and oxygen atoms in total. The molecule has 1 aromatic carbocycles. The summed E-state index contributed by atoms with van der Waals surface area (Å²) < 4.78 is 0. The van der Waals surface area contributed by atoms with E-state index in [0.29, 0.717) is 0 Å². The van der Waals surface area contributed by atoms with Crippen LogP contribution >= 0.6 is 0 Å². The second-order valence-electron chi connectivity index (χ2n) is 3.80. The van der Waals surface area contributed by atoms with Crippen molar-refractivity contribution in [3.63, 3.8) is 0 Å². The average Bonchev–Trinajstić information content (AvgIpc) is 2.62. The molecule has 1 aliphatic carbocycles. The normalized spacial score (nSPS) is 14.6. The molecule has 2 heteroatoms. The third kappa shape index (κ3) is 1.00. The standard InChI is InChI=1S/C12H11NO/c14-11-6-2-4-9-7-8-3-1-5-10(8)13-12(9)11/h2,4,6-7,14H,1,3,5H2. The maximum atomic E-state index is 9.64. The first-order chi connectivity index (χ1) is 6.84. The molecule has 0 bridgehead atoms. The van der Waals surface area contributed by atoms with E-state index in [2.05, 4.69) is 11.1 Å². The van der Waals surface area contributed by atoms with Crippen LogP contribution in [0, 0.1) is 0 Å². The zero-order valence-electron chi connectivity index (χ0n) is 7.83. The van der Waals surface area contributed by atoms with Crippen molar-refractivity contribution in [2.24, 2.45) is 0 Å². The molecular weight excluding hydrogens is 174 g/mol. The molecule has 2 aromatic rings. The molecule has 0 aliphatic heterocycles. The van der Waals surface area contributed by atoms with Crippen molar-refractivity contribution < 1.29 is 5.11 Å². The predicted molar refractivity (Wildman–Crippen MR) is 55.4 cm³/mol. The SMILES string of the molecule is Oc1cccc2cc3c(nc12)CCC3. The Morgan fingerprint density at radius 3 is 3.07 bits per heavy atom. The van der Waals surface area contributed by atoms with Crippen molar-refractivity contribution in [2.75, 3.05) is 0 Å². The second kappa shape index (κ2) is 2.71. The number of benzene rings is 1. The number of aryl methyl sites for hydroxylation is 2. The van der Waals surface area contributed by atoms with Crippen LogP contribution in [0.25, 0.3) is 10.9 Å². The molecule has 0 amide bonds. The van der Waals surface area contributed by atoms with Crippen molar-refractivity contribution in [2.45, 2.75) is 19.3 Å². The van der Waals surface area contributed by atoms with Gasteiger partial charge in [-0.3, -0.25) is 0 Å². The Kier molecular flexibility index (Phi) is 1.51. The largest absolute Gasteiger partial charge is 0.506 e. The zero-order valence-corrected chi connectivity index (χ0v) is 7.83. The van der Waals surface area contributed by atoms with Gasteiger partial charge in [0, 0.05) is 11.1 Å². The molecule has 0 fully saturated rings. The van der Waals surface area contributed by atoms with Crippen LogP contribution in [0.1, 0.15) is 17.7 Å². The van der Waals surface area contributed by atoms with Crippen LogP contribution in [0.15, 0.2) is 24.3 Å². The summed E-state index contributed by atoms with van der Waals surface area (Å²) in [5.74, 6) is 0.289. The Labute approximate surface area is 82.2 Å². The van der Waals surface area contributed by atoms with Crippen molar-refractivity contribution in [1.82, 2.24) is 4.98 Å². The van der Waals surface area contributed by atoms with Gasteiger partial charge in [-0.2, -0.15) is 0 Å². The Bertz CT molecular complexity index is 505. The van der Waals surface area contributed by atoms with Gasteiger partial charge in [-0.15, -0.1) is 0 Å². The summed E-state index contributed by atoms with van der Waals surface area (Å²) in [7, 11) is 0.